The number of nitrogens with zero attached hydrogens (tertiary/aromatic N) is 4. The minimum atomic E-state index is -0.000785. The lowest BCUT2D eigenvalue weighted by molar-refractivity contribution is -0.115. The fourth-order valence-corrected chi connectivity index (χ4v) is 3.24. The Morgan fingerprint density at radius 1 is 1.20 bits per heavy atom. The number of hydrogen-bond acceptors (Lipinski definition) is 5. The van der Waals surface area contributed by atoms with E-state index in [-0.39, 0.29) is 5.78 Å². The topological polar surface area (TPSA) is 60.7 Å². The number of ketones is 1. The van der Waals surface area contributed by atoms with Gasteiger partial charge in [-0.05, 0) is 35.4 Å². The van der Waals surface area contributed by atoms with Crippen LogP contribution in [0.15, 0.2) is 45.4 Å². The van der Waals surface area contributed by atoms with Gasteiger partial charge in [-0.15, -0.1) is 5.10 Å². The number of allylic oxidation sites excluding steroid dienone is 2. The van der Waals surface area contributed by atoms with Crippen LogP contribution in [-0.4, -0.2) is 26.0 Å². The second-order valence-electron chi connectivity index (χ2n) is 4.32. The molecule has 3 rings (SSSR count). The second kappa shape index (κ2) is 5.76. The van der Waals surface area contributed by atoms with Gasteiger partial charge in [-0.2, -0.15) is 4.68 Å². The second-order valence-corrected chi connectivity index (χ2v) is 5.76. The Morgan fingerprint density at radius 2 is 2.00 bits per heavy atom. The molecule has 1 aromatic carbocycles. The largest absolute Gasteiger partial charge is 0.293 e. The number of thioether (sulfide) groups is 1. The van der Waals surface area contributed by atoms with Gasteiger partial charge >= 0.3 is 0 Å². The molecule has 0 bridgehead atoms. The van der Waals surface area contributed by atoms with Gasteiger partial charge in [0.15, 0.2) is 5.78 Å². The highest BCUT2D eigenvalue weighted by Gasteiger charge is 2.21. The van der Waals surface area contributed by atoms with Crippen LogP contribution in [0.1, 0.15) is 19.3 Å². The standard InChI is InChI=1S/C13H11ClN4OS/c14-12-10(19)7-4-8-11(12)20-13-15-16-17-18(13)9-5-2-1-3-6-9/h1-3,5-6H,4,7-8H2. The molecule has 0 spiro atoms. The zero-order valence-corrected chi connectivity index (χ0v) is 12.1. The monoisotopic (exact) mass is 306 g/mol. The third kappa shape index (κ3) is 2.62. The van der Waals surface area contributed by atoms with Gasteiger partial charge in [-0.1, -0.05) is 41.6 Å². The molecule has 102 valence electrons. The van der Waals surface area contributed by atoms with Gasteiger partial charge < -0.3 is 0 Å². The molecule has 0 saturated heterocycles. The molecular weight excluding hydrogens is 296 g/mol. The molecule has 0 atom stereocenters. The van der Waals surface area contributed by atoms with Crippen molar-refractivity contribution in [1.29, 1.82) is 0 Å². The number of para-hydroxylation sites is 1. The number of hydrogen-bond donors (Lipinski definition) is 0. The summed E-state index contributed by atoms with van der Waals surface area (Å²) in [6.45, 7) is 0. The number of benzene rings is 1. The molecule has 0 amide bonds. The number of halogens is 1. The third-order valence-electron chi connectivity index (χ3n) is 2.95. The van der Waals surface area contributed by atoms with E-state index in [2.05, 4.69) is 15.5 Å². The Labute approximate surface area is 125 Å². The smallest absolute Gasteiger partial charge is 0.218 e. The highest BCUT2D eigenvalue weighted by Crippen LogP contribution is 2.36. The summed E-state index contributed by atoms with van der Waals surface area (Å²) in [5.41, 5.74) is 0.874. The summed E-state index contributed by atoms with van der Waals surface area (Å²) in [4.78, 5) is 12.5. The van der Waals surface area contributed by atoms with Gasteiger partial charge in [0.1, 0.15) is 0 Å². The Hall–Kier alpha value is -1.66. The number of aromatic nitrogens is 4. The minimum Gasteiger partial charge on any atom is -0.293 e. The van der Waals surface area contributed by atoms with Crippen molar-refractivity contribution < 1.29 is 4.79 Å². The van der Waals surface area contributed by atoms with Crippen LogP contribution in [0.25, 0.3) is 5.69 Å². The minimum absolute atomic E-state index is 0.000785. The van der Waals surface area contributed by atoms with Crippen molar-refractivity contribution in [3.63, 3.8) is 0 Å². The highest BCUT2D eigenvalue weighted by molar-refractivity contribution is 8.03. The molecular formula is C13H11ClN4OS. The number of rotatable bonds is 3. The Morgan fingerprint density at radius 3 is 2.80 bits per heavy atom. The summed E-state index contributed by atoms with van der Waals surface area (Å²) in [6, 6.07) is 9.61. The van der Waals surface area contributed by atoms with E-state index in [0.717, 1.165) is 23.4 Å². The lowest BCUT2D eigenvalue weighted by atomic mass is 10.1. The first kappa shape index (κ1) is 13.3. The molecule has 20 heavy (non-hydrogen) atoms. The first-order chi connectivity index (χ1) is 9.75. The lowest BCUT2D eigenvalue weighted by Gasteiger charge is -2.13. The molecule has 5 nitrogen and oxygen atoms in total. The van der Waals surface area contributed by atoms with Gasteiger partial charge in [0, 0.05) is 11.3 Å². The van der Waals surface area contributed by atoms with Gasteiger partial charge in [0.05, 0.1) is 10.7 Å². The molecule has 2 aromatic rings. The lowest BCUT2D eigenvalue weighted by Crippen LogP contribution is -2.07. The molecule has 0 aliphatic heterocycles. The highest BCUT2D eigenvalue weighted by atomic mass is 35.5. The molecule has 1 aliphatic rings. The van der Waals surface area contributed by atoms with Crippen molar-refractivity contribution in [2.24, 2.45) is 0 Å². The first-order valence-corrected chi connectivity index (χ1v) is 7.38. The molecule has 0 N–H and O–H groups in total. The summed E-state index contributed by atoms with van der Waals surface area (Å²) in [5, 5.41) is 12.6. The summed E-state index contributed by atoms with van der Waals surface area (Å²) in [5.74, 6) is -0.000785. The van der Waals surface area contributed by atoms with Crippen LogP contribution in [0.4, 0.5) is 0 Å². The van der Waals surface area contributed by atoms with Crippen molar-refractivity contribution >= 4 is 29.1 Å². The van der Waals surface area contributed by atoms with Crippen LogP contribution in [0.3, 0.4) is 0 Å². The van der Waals surface area contributed by atoms with E-state index in [1.165, 1.54) is 11.8 Å². The van der Waals surface area contributed by atoms with Gasteiger partial charge in [-0.3, -0.25) is 4.79 Å². The molecule has 1 aromatic heterocycles. The quantitative estimate of drug-likeness (QED) is 0.872. The third-order valence-corrected chi connectivity index (χ3v) is 4.60. The zero-order chi connectivity index (χ0) is 13.9. The average molecular weight is 307 g/mol. The molecule has 0 unspecified atom stereocenters. The van der Waals surface area contributed by atoms with E-state index in [1.807, 2.05) is 30.3 Å². The summed E-state index contributed by atoms with van der Waals surface area (Å²) in [6.07, 6.45) is 2.13. The van der Waals surface area contributed by atoms with Crippen molar-refractivity contribution in [2.75, 3.05) is 0 Å². The normalized spacial score (nSPS) is 15.8. The van der Waals surface area contributed by atoms with Gasteiger partial charge in [0.2, 0.25) is 5.16 Å². The maximum absolute atomic E-state index is 11.6. The van der Waals surface area contributed by atoms with Crippen LogP contribution in [0.2, 0.25) is 0 Å². The summed E-state index contributed by atoms with van der Waals surface area (Å²) >= 11 is 7.44. The number of Topliss-reactive ketones (excluding diaryl/α,β-unsaturated/α-hetero) is 1. The number of carbonyl (C=O) groups excluding carboxylic acids is 1. The van der Waals surface area contributed by atoms with Crippen LogP contribution in [-0.2, 0) is 4.79 Å². The molecule has 0 fully saturated rings. The van der Waals surface area contributed by atoms with E-state index < -0.39 is 0 Å². The number of tetrazole rings is 1. The van der Waals surface area contributed by atoms with E-state index in [1.54, 1.807) is 4.68 Å². The van der Waals surface area contributed by atoms with Crippen LogP contribution >= 0.6 is 23.4 Å². The van der Waals surface area contributed by atoms with Crippen LogP contribution in [0, 0.1) is 0 Å². The van der Waals surface area contributed by atoms with Crippen molar-refractivity contribution in [3.05, 3.63) is 40.3 Å². The van der Waals surface area contributed by atoms with Crippen molar-refractivity contribution in [1.82, 2.24) is 20.2 Å². The molecule has 7 heteroatoms. The van der Waals surface area contributed by atoms with Crippen molar-refractivity contribution in [3.8, 4) is 5.69 Å². The molecule has 0 saturated carbocycles. The van der Waals surface area contributed by atoms with Gasteiger partial charge in [-0.25, -0.2) is 0 Å². The van der Waals surface area contributed by atoms with Crippen molar-refractivity contribution in [2.45, 2.75) is 24.4 Å². The zero-order valence-electron chi connectivity index (χ0n) is 10.5. The van der Waals surface area contributed by atoms with Crippen LogP contribution < -0.4 is 0 Å². The fourth-order valence-electron chi connectivity index (χ4n) is 1.96. The molecule has 0 radical (unpaired) electrons. The Balaban J connectivity index is 1.92. The Bertz CT molecular complexity index is 668. The van der Waals surface area contributed by atoms with E-state index in [0.29, 0.717) is 16.6 Å². The van der Waals surface area contributed by atoms with Gasteiger partial charge in [0.25, 0.3) is 0 Å². The fraction of sp³-hybridized carbons (Fsp3) is 0.231. The molecule has 1 heterocycles. The van der Waals surface area contributed by atoms with E-state index >= 15 is 0 Å². The van der Waals surface area contributed by atoms with Crippen LogP contribution in [0.5, 0.6) is 0 Å². The van der Waals surface area contributed by atoms with E-state index in [9.17, 15) is 4.79 Å². The predicted octanol–water partition coefficient (Wildman–Crippen LogP) is 2.96. The Kier molecular flexibility index (Phi) is 3.84. The number of carbonyl (C=O) groups is 1. The average Bonchev–Trinajstić information content (AvgIpc) is 2.93. The molecule has 1 aliphatic carbocycles. The summed E-state index contributed by atoms with van der Waals surface area (Å²) < 4.78 is 1.64. The predicted molar refractivity (Wildman–Crippen MR) is 76.7 cm³/mol. The first-order valence-electron chi connectivity index (χ1n) is 6.19. The SMILES string of the molecule is O=C1CCCC(Sc2nnnn2-c2ccccc2)=C1Cl. The maximum atomic E-state index is 11.6. The van der Waals surface area contributed by atoms with E-state index in [4.69, 9.17) is 11.6 Å². The maximum Gasteiger partial charge on any atom is 0.218 e. The summed E-state index contributed by atoms with van der Waals surface area (Å²) in [7, 11) is 0.